The molecule has 0 aliphatic carbocycles. The second-order valence-electron chi connectivity index (χ2n) is 9.83. The molecule has 0 saturated carbocycles. The molecular weight excluding hydrogens is 495 g/mol. The molecule has 2 aromatic carbocycles. The summed E-state index contributed by atoms with van der Waals surface area (Å²) in [4.78, 5) is 32.9. The van der Waals surface area contributed by atoms with Crippen molar-refractivity contribution in [3.8, 4) is 0 Å². The van der Waals surface area contributed by atoms with E-state index in [2.05, 4.69) is 0 Å². The standard InChI is InChI=1S/C29H30Cl2N2O3/c1-4-25(24-10-5-7-18(2)32-24)33-27(19-11-13-21(30)14-12-19)23(20-8-6-9-22(31)15-20)16-29(3,28(33)36)17-26(34)35/h5-15,23,25,27H,4,16-17H2,1-3H3,(H,34,35)/t23-,25+,27-,29+/m1/s1. The largest absolute Gasteiger partial charge is 0.481 e. The van der Waals surface area contributed by atoms with Crippen LogP contribution in [0.3, 0.4) is 0 Å². The first-order valence-electron chi connectivity index (χ1n) is 12.1. The molecule has 0 spiro atoms. The molecule has 1 amide bonds. The Hall–Kier alpha value is -2.89. The van der Waals surface area contributed by atoms with E-state index >= 15 is 0 Å². The molecule has 36 heavy (non-hydrogen) atoms. The molecule has 7 heteroatoms. The Balaban J connectivity index is 1.96. The lowest BCUT2D eigenvalue weighted by atomic mass is 9.67. The maximum Gasteiger partial charge on any atom is 0.304 e. The third-order valence-electron chi connectivity index (χ3n) is 7.11. The van der Waals surface area contributed by atoms with E-state index in [1.807, 2.05) is 85.5 Å². The molecule has 1 saturated heterocycles. The molecule has 4 atom stereocenters. The number of aryl methyl sites for hydroxylation is 1. The van der Waals surface area contributed by atoms with Crippen molar-refractivity contribution in [2.75, 3.05) is 0 Å². The zero-order valence-corrected chi connectivity index (χ0v) is 22.1. The molecule has 0 unspecified atom stereocenters. The van der Waals surface area contributed by atoms with Crippen molar-refractivity contribution in [3.63, 3.8) is 0 Å². The Bertz CT molecular complexity index is 1260. The Kier molecular flexibility index (Phi) is 7.72. The number of benzene rings is 2. The fourth-order valence-corrected chi connectivity index (χ4v) is 5.85. The highest BCUT2D eigenvalue weighted by Gasteiger charge is 2.52. The molecule has 3 aromatic rings. The number of piperidine rings is 1. The number of pyridine rings is 1. The van der Waals surface area contributed by atoms with Gasteiger partial charge in [-0.05, 0) is 67.3 Å². The van der Waals surface area contributed by atoms with Crippen LogP contribution in [0.5, 0.6) is 0 Å². The van der Waals surface area contributed by atoms with Gasteiger partial charge in [0.05, 0.1) is 29.6 Å². The number of nitrogens with zero attached hydrogens (tertiary/aromatic N) is 2. The van der Waals surface area contributed by atoms with Gasteiger partial charge in [0.2, 0.25) is 5.91 Å². The van der Waals surface area contributed by atoms with Crippen molar-refractivity contribution in [2.24, 2.45) is 5.41 Å². The van der Waals surface area contributed by atoms with Crippen LogP contribution in [0, 0.1) is 12.3 Å². The summed E-state index contributed by atoms with van der Waals surface area (Å²) in [5.74, 6) is -1.37. The van der Waals surface area contributed by atoms with Gasteiger partial charge in [0.15, 0.2) is 0 Å². The lowest BCUT2D eigenvalue weighted by Crippen LogP contribution is -2.53. The molecule has 1 aromatic heterocycles. The highest BCUT2D eigenvalue weighted by molar-refractivity contribution is 6.30. The average molecular weight is 525 g/mol. The molecule has 1 aliphatic rings. The average Bonchev–Trinajstić information content (AvgIpc) is 2.82. The van der Waals surface area contributed by atoms with Crippen molar-refractivity contribution < 1.29 is 14.7 Å². The van der Waals surface area contributed by atoms with Crippen LogP contribution in [0.25, 0.3) is 0 Å². The first kappa shape index (κ1) is 26.2. The topological polar surface area (TPSA) is 70.5 Å². The van der Waals surface area contributed by atoms with Crippen molar-refractivity contribution in [3.05, 3.63) is 99.3 Å². The van der Waals surface area contributed by atoms with Crippen LogP contribution < -0.4 is 0 Å². The maximum absolute atomic E-state index is 14.3. The highest BCUT2D eigenvalue weighted by Crippen LogP contribution is 2.54. The number of halogens is 2. The number of carboxylic acid groups (broad SMARTS) is 1. The van der Waals surface area contributed by atoms with Gasteiger partial charge in [0.25, 0.3) is 0 Å². The summed E-state index contributed by atoms with van der Waals surface area (Å²) in [6, 6.07) is 20.3. The predicted molar refractivity (Wildman–Crippen MR) is 142 cm³/mol. The van der Waals surface area contributed by atoms with Gasteiger partial charge < -0.3 is 10.0 Å². The summed E-state index contributed by atoms with van der Waals surface area (Å²) in [5.41, 5.74) is 2.44. The van der Waals surface area contributed by atoms with Gasteiger partial charge in [0.1, 0.15) is 0 Å². The molecule has 0 bridgehead atoms. The molecule has 1 fully saturated rings. The summed E-state index contributed by atoms with van der Waals surface area (Å²) in [7, 11) is 0. The van der Waals surface area contributed by atoms with E-state index < -0.39 is 11.4 Å². The third kappa shape index (κ3) is 5.28. The Morgan fingerprint density at radius 1 is 1.08 bits per heavy atom. The monoisotopic (exact) mass is 524 g/mol. The minimum atomic E-state index is -1.10. The number of carbonyl (C=O) groups excluding carboxylic acids is 1. The summed E-state index contributed by atoms with van der Waals surface area (Å²) < 4.78 is 0. The Morgan fingerprint density at radius 2 is 1.78 bits per heavy atom. The number of hydrogen-bond donors (Lipinski definition) is 1. The molecule has 0 radical (unpaired) electrons. The normalized spacial score (nSPS) is 22.9. The second-order valence-corrected chi connectivity index (χ2v) is 10.7. The zero-order chi connectivity index (χ0) is 26.0. The zero-order valence-electron chi connectivity index (χ0n) is 20.6. The van der Waals surface area contributed by atoms with Crippen LogP contribution in [-0.4, -0.2) is 26.9 Å². The predicted octanol–water partition coefficient (Wildman–Crippen LogP) is 7.39. The molecule has 5 nitrogen and oxygen atoms in total. The lowest BCUT2D eigenvalue weighted by molar-refractivity contribution is -0.161. The Labute approximate surface area is 222 Å². The lowest BCUT2D eigenvalue weighted by Gasteiger charge is -2.51. The maximum atomic E-state index is 14.3. The van der Waals surface area contributed by atoms with Crippen LogP contribution in [0.4, 0.5) is 0 Å². The fraction of sp³-hybridized carbons (Fsp3) is 0.345. The third-order valence-corrected chi connectivity index (χ3v) is 7.59. The van der Waals surface area contributed by atoms with Gasteiger partial charge in [-0.1, -0.05) is 67.4 Å². The van der Waals surface area contributed by atoms with E-state index in [-0.39, 0.29) is 30.3 Å². The van der Waals surface area contributed by atoms with Gasteiger partial charge >= 0.3 is 5.97 Å². The van der Waals surface area contributed by atoms with Gasteiger partial charge in [-0.2, -0.15) is 0 Å². The van der Waals surface area contributed by atoms with E-state index in [0.29, 0.717) is 22.9 Å². The van der Waals surface area contributed by atoms with E-state index in [4.69, 9.17) is 28.2 Å². The molecule has 188 valence electrons. The van der Waals surface area contributed by atoms with E-state index in [9.17, 15) is 14.7 Å². The number of likely N-dealkylation sites (tertiary alicyclic amines) is 1. The molecule has 2 heterocycles. The summed E-state index contributed by atoms with van der Waals surface area (Å²) in [5, 5.41) is 11.0. The second kappa shape index (κ2) is 10.6. The van der Waals surface area contributed by atoms with Crippen LogP contribution in [0.1, 0.15) is 73.6 Å². The number of amides is 1. The van der Waals surface area contributed by atoms with Crippen molar-refractivity contribution in [2.45, 2.75) is 58.0 Å². The van der Waals surface area contributed by atoms with Crippen LogP contribution in [0.2, 0.25) is 10.0 Å². The van der Waals surface area contributed by atoms with Gasteiger partial charge in [-0.25, -0.2) is 0 Å². The molecule has 1 N–H and O–H groups in total. The van der Waals surface area contributed by atoms with Crippen LogP contribution >= 0.6 is 23.2 Å². The fourth-order valence-electron chi connectivity index (χ4n) is 5.52. The van der Waals surface area contributed by atoms with E-state index in [1.165, 1.54) is 0 Å². The van der Waals surface area contributed by atoms with Gasteiger partial charge in [-0.15, -0.1) is 0 Å². The minimum Gasteiger partial charge on any atom is -0.481 e. The first-order chi connectivity index (χ1) is 17.1. The van der Waals surface area contributed by atoms with E-state index in [0.717, 1.165) is 22.5 Å². The summed E-state index contributed by atoms with van der Waals surface area (Å²) in [6.45, 7) is 5.72. The Morgan fingerprint density at radius 3 is 2.39 bits per heavy atom. The minimum absolute atomic E-state index is 0.182. The molecule has 4 rings (SSSR count). The van der Waals surface area contributed by atoms with Gasteiger partial charge in [-0.3, -0.25) is 14.6 Å². The molecular formula is C29H30Cl2N2O3. The van der Waals surface area contributed by atoms with Crippen molar-refractivity contribution in [1.29, 1.82) is 0 Å². The quantitative estimate of drug-likeness (QED) is 0.349. The summed E-state index contributed by atoms with van der Waals surface area (Å²) >= 11 is 12.6. The number of aliphatic carboxylic acids is 1. The number of hydrogen-bond acceptors (Lipinski definition) is 3. The smallest absolute Gasteiger partial charge is 0.304 e. The van der Waals surface area contributed by atoms with Crippen molar-refractivity contribution >= 4 is 35.1 Å². The van der Waals surface area contributed by atoms with Crippen molar-refractivity contribution in [1.82, 2.24) is 9.88 Å². The number of aromatic nitrogens is 1. The highest BCUT2D eigenvalue weighted by atomic mass is 35.5. The van der Waals surface area contributed by atoms with Gasteiger partial charge in [0, 0.05) is 21.7 Å². The number of carboxylic acids is 1. The van der Waals surface area contributed by atoms with E-state index in [1.54, 1.807) is 6.92 Å². The number of rotatable bonds is 7. The SMILES string of the molecule is CC[C@@H](c1cccc(C)n1)N1C(=O)[C@](C)(CC(=O)O)C[C@H](c2cccc(Cl)c2)[C@H]1c1ccc(Cl)cc1. The first-order valence-corrected chi connectivity index (χ1v) is 12.9. The van der Waals surface area contributed by atoms with Crippen LogP contribution in [-0.2, 0) is 9.59 Å². The summed E-state index contributed by atoms with van der Waals surface area (Å²) in [6.07, 6.45) is 0.738. The number of carbonyl (C=O) groups is 2. The molecule has 1 aliphatic heterocycles. The van der Waals surface area contributed by atoms with Crippen LogP contribution in [0.15, 0.2) is 66.7 Å².